The van der Waals surface area contributed by atoms with Crippen LogP contribution in [0.5, 0.6) is 0 Å². The van der Waals surface area contributed by atoms with Gasteiger partial charge in [-0.05, 0) is 31.2 Å². The topological polar surface area (TPSA) is 29.1 Å². The molecule has 0 radical (unpaired) electrons. The van der Waals surface area contributed by atoms with Crippen molar-refractivity contribution < 1.29 is 4.79 Å². The van der Waals surface area contributed by atoms with E-state index in [1.165, 1.54) is 23.3 Å². The molecular formula is C12H14BrNOS. The number of carbonyl (C=O) groups is 1. The van der Waals surface area contributed by atoms with Crippen molar-refractivity contribution in [3.63, 3.8) is 0 Å². The fraction of sp³-hybridized carbons (Fsp3) is 0.417. The van der Waals surface area contributed by atoms with Crippen molar-refractivity contribution >= 4 is 33.2 Å². The molecule has 0 fully saturated rings. The molecule has 0 bridgehead atoms. The highest BCUT2D eigenvalue weighted by Crippen LogP contribution is 2.30. The molecule has 2 nitrogen and oxygen atoms in total. The van der Waals surface area contributed by atoms with E-state index in [1.54, 1.807) is 11.3 Å². The van der Waals surface area contributed by atoms with Gasteiger partial charge in [0.05, 0.1) is 5.56 Å². The smallest absolute Gasteiger partial charge is 0.252 e. The van der Waals surface area contributed by atoms with Gasteiger partial charge in [0.2, 0.25) is 0 Å². The molecule has 1 amide bonds. The zero-order valence-corrected chi connectivity index (χ0v) is 11.4. The molecule has 0 saturated carbocycles. The van der Waals surface area contributed by atoms with Crippen molar-refractivity contribution in [3.05, 3.63) is 32.4 Å². The van der Waals surface area contributed by atoms with Gasteiger partial charge in [0.15, 0.2) is 0 Å². The Bertz CT molecular complexity index is 425. The van der Waals surface area contributed by atoms with Crippen LogP contribution in [-0.4, -0.2) is 12.5 Å². The summed E-state index contributed by atoms with van der Waals surface area (Å²) in [5, 5.41) is 4.84. The number of rotatable bonds is 3. The lowest BCUT2D eigenvalue weighted by Gasteiger charge is -2.12. The summed E-state index contributed by atoms with van der Waals surface area (Å²) in [5.74, 6) is 0.0278. The fourth-order valence-corrected chi connectivity index (χ4v) is 3.22. The van der Waals surface area contributed by atoms with E-state index >= 15 is 0 Å². The highest BCUT2D eigenvalue weighted by molar-refractivity contribution is 9.11. The maximum Gasteiger partial charge on any atom is 0.252 e. The third kappa shape index (κ3) is 2.55. The second kappa shape index (κ2) is 5.15. The summed E-state index contributed by atoms with van der Waals surface area (Å²) in [6.45, 7) is 4.19. The molecule has 0 aliphatic heterocycles. The van der Waals surface area contributed by atoms with E-state index in [-0.39, 0.29) is 5.91 Å². The van der Waals surface area contributed by atoms with Crippen molar-refractivity contribution in [1.82, 2.24) is 5.32 Å². The van der Waals surface area contributed by atoms with Crippen LogP contribution in [0.2, 0.25) is 0 Å². The Balaban J connectivity index is 2.11. The summed E-state index contributed by atoms with van der Waals surface area (Å²) < 4.78 is 0.796. The molecule has 2 rings (SSSR count). The third-order valence-corrected chi connectivity index (χ3v) is 4.12. The van der Waals surface area contributed by atoms with Gasteiger partial charge in [-0.3, -0.25) is 4.79 Å². The Labute approximate surface area is 108 Å². The summed E-state index contributed by atoms with van der Waals surface area (Å²) in [4.78, 5) is 13.3. The number of aryl methyl sites for hydroxylation is 1. The summed E-state index contributed by atoms with van der Waals surface area (Å²) in [5.41, 5.74) is 2.14. The Kier molecular flexibility index (Phi) is 3.82. The average molecular weight is 300 g/mol. The molecule has 1 aliphatic rings. The highest BCUT2D eigenvalue weighted by atomic mass is 79.9. The number of thiophene rings is 1. The molecule has 1 heterocycles. The zero-order valence-electron chi connectivity index (χ0n) is 9.01. The Morgan fingerprint density at radius 1 is 1.50 bits per heavy atom. The minimum Gasteiger partial charge on any atom is -0.347 e. The molecule has 1 aliphatic carbocycles. The molecular weight excluding hydrogens is 286 g/mol. The Morgan fingerprint density at radius 2 is 2.25 bits per heavy atom. The molecule has 1 aromatic heterocycles. The number of hydrogen-bond donors (Lipinski definition) is 1. The minimum absolute atomic E-state index is 0.0278. The van der Waals surface area contributed by atoms with Gasteiger partial charge in [-0.25, -0.2) is 0 Å². The van der Waals surface area contributed by atoms with Crippen LogP contribution >= 0.6 is 27.3 Å². The Morgan fingerprint density at radius 3 is 3.00 bits per heavy atom. The molecule has 0 saturated heterocycles. The van der Waals surface area contributed by atoms with Crippen LogP contribution in [0.15, 0.2) is 16.4 Å². The predicted octanol–water partition coefficient (Wildman–Crippen LogP) is 3.27. The molecule has 4 heteroatoms. The quantitative estimate of drug-likeness (QED) is 0.912. The monoisotopic (exact) mass is 299 g/mol. The van der Waals surface area contributed by atoms with Crippen LogP contribution in [0.1, 0.15) is 33.6 Å². The first-order valence-electron chi connectivity index (χ1n) is 5.39. The van der Waals surface area contributed by atoms with Gasteiger partial charge in [-0.1, -0.05) is 22.5 Å². The van der Waals surface area contributed by atoms with Crippen LogP contribution in [-0.2, 0) is 12.8 Å². The number of carbonyl (C=O) groups excluding carboxylic acids is 1. The van der Waals surface area contributed by atoms with Gasteiger partial charge >= 0.3 is 0 Å². The lowest BCUT2D eigenvalue weighted by atomic mass is 9.96. The van der Waals surface area contributed by atoms with Crippen molar-refractivity contribution in [3.8, 4) is 0 Å². The van der Waals surface area contributed by atoms with E-state index < -0.39 is 0 Å². The molecule has 0 atom stereocenters. The maximum atomic E-state index is 11.9. The van der Waals surface area contributed by atoms with E-state index in [2.05, 4.69) is 27.8 Å². The maximum absolute atomic E-state index is 11.9. The van der Waals surface area contributed by atoms with Crippen LogP contribution < -0.4 is 5.32 Å². The zero-order chi connectivity index (χ0) is 11.5. The number of hydrogen-bond acceptors (Lipinski definition) is 2. The predicted molar refractivity (Wildman–Crippen MR) is 71.4 cm³/mol. The second-order valence-electron chi connectivity index (χ2n) is 3.96. The summed E-state index contributed by atoms with van der Waals surface area (Å²) in [6, 6.07) is 0. The molecule has 0 unspecified atom stereocenters. The number of amides is 1. The second-order valence-corrected chi connectivity index (χ2v) is 6.04. The van der Waals surface area contributed by atoms with Crippen LogP contribution in [0.25, 0.3) is 0 Å². The van der Waals surface area contributed by atoms with Crippen molar-refractivity contribution in [2.75, 3.05) is 6.54 Å². The van der Waals surface area contributed by atoms with Gasteiger partial charge in [0, 0.05) is 21.3 Å². The minimum atomic E-state index is 0.0278. The number of fused-ring (bicyclic) bond motifs is 1. The standard InChI is InChI=1S/C12H14BrNOS/c1-8(13)6-14-12(15)10-7-16-11-5-3-2-4-9(10)11/h7H,1-6H2,(H,14,15). The number of halogens is 1. The summed E-state index contributed by atoms with van der Waals surface area (Å²) in [7, 11) is 0. The van der Waals surface area contributed by atoms with Crippen molar-refractivity contribution in [2.45, 2.75) is 25.7 Å². The van der Waals surface area contributed by atoms with E-state index in [4.69, 9.17) is 0 Å². The molecule has 86 valence electrons. The molecule has 16 heavy (non-hydrogen) atoms. The SMILES string of the molecule is C=C(Br)CNC(=O)c1csc2c1CCCC2. The first-order chi connectivity index (χ1) is 7.68. The van der Waals surface area contributed by atoms with E-state index in [0.29, 0.717) is 6.54 Å². The highest BCUT2D eigenvalue weighted by Gasteiger charge is 2.19. The van der Waals surface area contributed by atoms with Gasteiger partial charge in [0.1, 0.15) is 0 Å². The van der Waals surface area contributed by atoms with Gasteiger partial charge in [-0.2, -0.15) is 0 Å². The van der Waals surface area contributed by atoms with Crippen molar-refractivity contribution in [2.24, 2.45) is 0 Å². The fourth-order valence-electron chi connectivity index (χ4n) is 1.96. The largest absolute Gasteiger partial charge is 0.347 e. The molecule has 1 aromatic rings. The number of nitrogens with one attached hydrogen (secondary N) is 1. The van der Waals surface area contributed by atoms with E-state index in [1.807, 2.05) is 5.38 Å². The summed E-state index contributed by atoms with van der Waals surface area (Å²) in [6.07, 6.45) is 4.65. The van der Waals surface area contributed by atoms with E-state index in [9.17, 15) is 4.79 Å². The first kappa shape index (κ1) is 11.9. The van der Waals surface area contributed by atoms with E-state index in [0.717, 1.165) is 22.9 Å². The van der Waals surface area contributed by atoms with Gasteiger partial charge in [0.25, 0.3) is 5.91 Å². The van der Waals surface area contributed by atoms with Crippen LogP contribution in [0, 0.1) is 0 Å². The summed E-state index contributed by atoms with van der Waals surface area (Å²) >= 11 is 4.95. The van der Waals surface area contributed by atoms with Gasteiger partial charge < -0.3 is 5.32 Å². The normalized spacial score (nSPS) is 14.3. The molecule has 1 N–H and O–H groups in total. The van der Waals surface area contributed by atoms with Crippen LogP contribution in [0.4, 0.5) is 0 Å². The third-order valence-electron chi connectivity index (χ3n) is 2.75. The van der Waals surface area contributed by atoms with Crippen molar-refractivity contribution in [1.29, 1.82) is 0 Å². The van der Waals surface area contributed by atoms with Crippen LogP contribution in [0.3, 0.4) is 0 Å². The lowest BCUT2D eigenvalue weighted by Crippen LogP contribution is -2.25. The lowest BCUT2D eigenvalue weighted by molar-refractivity contribution is 0.0957. The Hall–Kier alpha value is -0.610. The molecule has 0 aromatic carbocycles. The molecule has 0 spiro atoms. The first-order valence-corrected chi connectivity index (χ1v) is 7.06. The average Bonchev–Trinajstić information content (AvgIpc) is 2.69. The van der Waals surface area contributed by atoms with Gasteiger partial charge in [-0.15, -0.1) is 11.3 Å².